The van der Waals surface area contributed by atoms with Crippen LogP contribution >= 0.6 is 0 Å². The number of nitrogens with one attached hydrogen (secondary N) is 1. The summed E-state index contributed by atoms with van der Waals surface area (Å²) in [5.74, 6) is -1.41. The van der Waals surface area contributed by atoms with Crippen molar-refractivity contribution in [2.45, 2.75) is 0 Å². The number of hydrogen-bond acceptors (Lipinski definition) is 4. The molecule has 0 spiro atoms. The summed E-state index contributed by atoms with van der Waals surface area (Å²) in [5.41, 5.74) is 5.39. The van der Waals surface area contributed by atoms with Crippen molar-refractivity contribution in [3.63, 3.8) is 0 Å². The highest BCUT2D eigenvalue weighted by Crippen LogP contribution is 2.17. The zero-order valence-electron chi connectivity index (χ0n) is 10.8. The molecule has 108 valence electrons. The predicted molar refractivity (Wildman–Crippen MR) is 70.4 cm³/mol. The van der Waals surface area contributed by atoms with E-state index in [1.54, 1.807) is 18.2 Å². The Hall–Kier alpha value is -2.77. The highest BCUT2D eigenvalue weighted by Gasteiger charge is 2.11. The number of nitrogens with zero attached hydrogens (tertiary/aromatic N) is 1. The monoisotopic (exact) mass is 281 g/mol. The Balaban J connectivity index is 2.63. The lowest BCUT2D eigenvalue weighted by Gasteiger charge is -2.16. The number of primary amides is 1. The molecule has 0 bridgehead atoms. The topological polar surface area (TPSA) is 122 Å². The minimum atomic E-state index is -1.10. The molecule has 0 aliphatic carbocycles. The zero-order valence-corrected chi connectivity index (χ0v) is 10.8. The summed E-state index contributed by atoms with van der Waals surface area (Å²) >= 11 is 0. The van der Waals surface area contributed by atoms with Gasteiger partial charge in [-0.1, -0.05) is 6.07 Å². The average molecular weight is 281 g/mol. The molecule has 0 saturated heterocycles. The maximum absolute atomic E-state index is 11.7. The van der Waals surface area contributed by atoms with E-state index in [0.29, 0.717) is 11.4 Å². The first-order valence-corrected chi connectivity index (χ1v) is 5.63. The van der Waals surface area contributed by atoms with Crippen LogP contribution in [0.25, 0.3) is 0 Å². The van der Waals surface area contributed by atoms with Crippen LogP contribution in [0.5, 0.6) is 5.75 Å². The number of likely N-dealkylation sites (N-methyl/N-ethyl adjacent to an activating group) is 1. The van der Waals surface area contributed by atoms with E-state index >= 15 is 0 Å². The molecule has 0 heterocycles. The average Bonchev–Trinajstić information content (AvgIpc) is 2.36. The summed E-state index contributed by atoms with van der Waals surface area (Å²) in [5, 5.41) is 11.0. The number of urea groups is 1. The van der Waals surface area contributed by atoms with Crippen LogP contribution in [0.1, 0.15) is 0 Å². The van der Waals surface area contributed by atoms with Crippen molar-refractivity contribution in [2.24, 2.45) is 5.73 Å². The first-order chi connectivity index (χ1) is 9.38. The summed E-state index contributed by atoms with van der Waals surface area (Å²) in [6.07, 6.45) is 0. The molecule has 8 nitrogen and oxygen atoms in total. The summed E-state index contributed by atoms with van der Waals surface area (Å²) in [7, 11) is 1.42. The highest BCUT2D eigenvalue weighted by atomic mass is 16.5. The number of rotatable bonds is 6. The van der Waals surface area contributed by atoms with E-state index in [1.165, 1.54) is 13.1 Å². The van der Waals surface area contributed by atoms with E-state index < -0.39 is 24.5 Å². The van der Waals surface area contributed by atoms with Gasteiger partial charge in [0.1, 0.15) is 12.3 Å². The molecule has 0 saturated carbocycles. The van der Waals surface area contributed by atoms with Gasteiger partial charge in [-0.05, 0) is 12.1 Å². The third kappa shape index (κ3) is 5.25. The molecule has 0 atom stereocenters. The second-order valence-electron chi connectivity index (χ2n) is 3.96. The molecule has 8 heteroatoms. The summed E-state index contributed by atoms with van der Waals surface area (Å²) in [6.45, 7) is -0.681. The number of benzene rings is 1. The molecule has 1 aromatic carbocycles. The second-order valence-corrected chi connectivity index (χ2v) is 3.96. The van der Waals surface area contributed by atoms with Crippen LogP contribution in [0.2, 0.25) is 0 Å². The number of ether oxygens (including phenoxy) is 1. The molecular weight excluding hydrogens is 266 g/mol. The van der Waals surface area contributed by atoms with Gasteiger partial charge in [0.2, 0.25) is 5.91 Å². The molecule has 0 aliphatic rings. The van der Waals surface area contributed by atoms with Crippen molar-refractivity contribution in [1.29, 1.82) is 0 Å². The van der Waals surface area contributed by atoms with E-state index in [9.17, 15) is 14.4 Å². The fraction of sp³-hybridized carbons (Fsp3) is 0.250. The second kappa shape index (κ2) is 6.98. The molecule has 0 fully saturated rings. The third-order valence-corrected chi connectivity index (χ3v) is 2.19. The van der Waals surface area contributed by atoms with Gasteiger partial charge in [0.25, 0.3) is 0 Å². The van der Waals surface area contributed by atoms with E-state index in [-0.39, 0.29) is 6.54 Å². The summed E-state index contributed by atoms with van der Waals surface area (Å²) in [4.78, 5) is 33.9. The molecule has 1 aromatic rings. The van der Waals surface area contributed by atoms with Gasteiger partial charge >= 0.3 is 12.0 Å². The van der Waals surface area contributed by atoms with Gasteiger partial charge in [0, 0.05) is 18.8 Å². The van der Waals surface area contributed by atoms with Crippen molar-refractivity contribution in [2.75, 3.05) is 25.5 Å². The van der Waals surface area contributed by atoms with Crippen LogP contribution < -0.4 is 15.8 Å². The molecule has 1 rings (SSSR count). The van der Waals surface area contributed by atoms with E-state index in [0.717, 1.165) is 4.90 Å². The van der Waals surface area contributed by atoms with Crippen molar-refractivity contribution in [1.82, 2.24) is 4.90 Å². The molecule has 0 aromatic heterocycles. The number of carboxylic acids is 1. The van der Waals surface area contributed by atoms with Crippen molar-refractivity contribution in [3.05, 3.63) is 24.3 Å². The Morgan fingerprint density at radius 3 is 2.70 bits per heavy atom. The SMILES string of the molecule is CN(CC(N)=O)C(=O)Nc1cccc(OCC(=O)O)c1. The Labute approximate surface area is 115 Å². The Bertz CT molecular complexity index is 518. The smallest absolute Gasteiger partial charge is 0.341 e. The van der Waals surface area contributed by atoms with Gasteiger partial charge in [-0.15, -0.1) is 0 Å². The van der Waals surface area contributed by atoms with Crippen LogP contribution in [0.3, 0.4) is 0 Å². The van der Waals surface area contributed by atoms with E-state index in [2.05, 4.69) is 5.32 Å². The standard InChI is InChI=1S/C12H15N3O5/c1-15(6-10(13)16)12(19)14-8-3-2-4-9(5-8)20-7-11(17)18/h2-5H,6-7H2,1H3,(H2,13,16)(H,14,19)(H,17,18). The largest absolute Gasteiger partial charge is 0.482 e. The lowest BCUT2D eigenvalue weighted by molar-refractivity contribution is -0.139. The Morgan fingerprint density at radius 2 is 2.10 bits per heavy atom. The maximum atomic E-state index is 11.7. The highest BCUT2D eigenvalue weighted by molar-refractivity contribution is 5.92. The van der Waals surface area contributed by atoms with Gasteiger partial charge < -0.3 is 25.8 Å². The fourth-order valence-corrected chi connectivity index (χ4v) is 1.33. The molecule has 0 radical (unpaired) electrons. The Kier molecular flexibility index (Phi) is 5.33. The lowest BCUT2D eigenvalue weighted by atomic mass is 10.3. The number of anilines is 1. The molecule has 4 N–H and O–H groups in total. The van der Waals surface area contributed by atoms with Crippen molar-refractivity contribution in [3.8, 4) is 5.75 Å². The first kappa shape index (κ1) is 15.3. The van der Waals surface area contributed by atoms with Gasteiger partial charge in [-0.25, -0.2) is 9.59 Å². The van der Waals surface area contributed by atoms with Crippen LogP contribution in [-0.2, 0) is 9.59 Å². The number of carbonyl (C=O) groups is 3. The summed E-state index contributed by atoms with van der Waals surface area (Å²) in [6, 6.07) is 5.72. The van der Waals surface area contributed by atoms with Crippen LogP contribution in [0.4, 0.5) is 10.5 Å². The number of nitrogens with two attached hydrogens (primary N) is 1. The fourth-order valence-electron chi connectivity index (χ4n) is 1.33. The number of hydrogen-bond donors (Lipinski definition) is 3. The lowest BCUT2D eigenvalue weighted by Crippen LogP contribution is -2.38. The number of carboxylic acid groups (broad SMARTS) is 1. The third-order valence-electron chi connectivity index (χ3n) is 2.19. The Morgan fingerprint density at radius 1 is 1.40 bits per heavy atom. The maximum Gasteiger partial charge on any atom is 0.341 e. The van der Waals surface area contributed by atoms with Crippen LogP contribution in [0.15, 0.2) is 24.3 Å². The normalized spacial score (nSPS) is 9.65. The number of amides is 3. The number of carbonyl (C=O) groups excluding carboxylic acids is 2. The van der Waals surface area contributed by atoms with Gasteiger partial charge in [0.05, 0.1) is 0 Å². The van der Waals surface area contributed by atoms with Crippen molar-refractivity contribution < 1.29 is 24.2 Å². The summed E-state index contributed by atoms with van der Waals surface area (Å²) < 4.78 is 4.98. The van der Waals surface area contributed by atoms with Crippen LogP contribution in [-0.4, -0.2) is 48.1 Å². The van der Waals surface area contributed by atoms with Gasteiger partial charge in [-0.3, -0.25) is 4.79 Å². The quantitative estimate of drug-likeness (QED) is 0.682. The minimum absolute atomic E-state index is 0.207. The van der Waals surface area contributed by atoms with Crippen LogP contribution in [0, 0.1) is 0 Å². The minimum Gasteiger partial charge on any atom is -0.482 e. The predicted octanol–water partition coefficient (Wildman–Crippen LogP) is 0.0990. The van der Waals surface area contributed by atoms with Crippen molar-refractivity contribution >= 4 is 23.6 Å². The van der Waals surface area contributed by atoms with Gasteiger partial charge in [0.15, 0.2) is 6.61 Å². The molecule has 3 amide bonds. The molecular formula is C12H15N3O5. The zero-order chi connectivity index (χ0) is 15.1. The molecule has 20 heavy (non-hydrogen) atoms. The van der Waals surface area contributed by atoms with E-state index in [4.69, 9.17) is 15.6 Å². The van der Waals surface area contributed by atoms with Gasteiger partial charge in [-0.2, -0.15) is 0 Å². The molecule has 0 unspecified atom stereocenters. The first-order valence-electron chi connectivity index (χ1n) is 5.63. The molecule has 0 aliphatic heterocycles. The van der Waals surface area contributed by atoms with E-state index in [1.807, 2.05) is 0 Å². The number of aliphatic carboxylic acids is 1.